The first kappa shape index (κ1) is 20.3. The summed E-state index contributed by atoms with van der Waals surface area (Å²) in [6, 6.07) is 0. The molecule has 0 heterocycles. The zero-order valence-electron chi connectivity index (χ0n) is 12.5. The SMILES string of the molecule is CCCCCCCCCCC(C)(C)N.N#CBBr. The van der Waals surface area contributed by atoms with Gasteiger partial charge in [0.05, 0.1) is 0 Å². The molecule has 2 nitrogen and oxygen atoms in total. The summed E-state index contributed by atoms with van der Waals surface area (Å²) in [4.78, 5) is 0. The van der Waals surface area contributed by atoms with Crippen molar-refractivity contribution in [1.29, 1.82) is 5.26 Å². The van der Waals surface area contributed by atoms with Crippen molar-refractivity contribution in [2.45, 2.75) is 84.1 Å². The van der Waals surface area contributed by atoms with E-state index in [1.807, 2.05) is 5.97 Å². The fourth-order valence-corrected chi connectivity index (χ4v) is 1.71. The monoisotopic (exact) mass is 316 g/mol. The van der Waals surface area contributed by atoms with Gasteiger partial charge in [-0.05, 0) is 20.3 Å². The van der Waals surface area contributed by atoms with Crippen LogP contribution in [-0.4, -0.2) is 11.6 Å². The molecule has 0 atom stereocenters. The van der Waals surface area contributed by atoms with Gasteiger partial charge in [-0.1, -0.05) is 58.3 Å². The maximum Gasteiger partial charge on any atom is 0.326 e. The van der Waals surface area contributed by atoms with Crippen LogP contribution in [0.2, 0.25) is 0 Å². The number of hydrogen-bond acceptors (Lipinski definition) is 2. The maximum absolute atomic E-state index is 7.58. The Kier molecular flexibility index (Phi) is 17.0. The lowest BCUT2D eigenvalue weighted by Gasteiger charge is -2.17. The summed E-state index contributed by atoms with van der Waals surface area (Å²) in [5.74, 6) is 1.85. The lowest BCUT2D eigenvalue weighted by molar-refractivity contribution is 0.440. The predicted molar refractivity (Wildman–Crippen MR) is 87.2 cm³/mol. The zero-order chi connectivity index (χ0) is 14.3. The Morgan fingerprint density at radius 1 is 1.06 bits per heavy atom. The smallest absolute Gasteiger partial charge is 0.326 e. The van der Waals surface area contributed by atoms with Crippen LogP contribution in [-0.2, 0) is 0 Å². The van der Waals surface area contributed by atoms with Crippen LogP contribution in [0.1, 0.15) is 78.6 Å². The van der Waals surface area contributed by atoms with Gasteiger partial charge in [-0.25, -0.2) is 5.26 Å². The van der Waals surface area contributed by atoms with Gasteiger partial charge >= 0.3 is 6.10 Å². The molecule has 0 saturated heterocycles. The Morgan fingerprint density at radius 2 is 1.44 bits per heavy atom. The second-order valence-corrected chi connectivity index (χ2v) is 6.07. The quantitative estimate of drug-likeness (QED) is 0.504. The van der Waals surface area contributed by atoms with Crippen molar-refractivity contribution in [3.63, 3.8) is 0 Å². The minimum atomic E-state index is 0.0439. The summed E-state index contributed by atoms with van der Waals surface area (Å²) < 4.78 is 0. The van der Waals surface area contributed by atoms with Crippen LogP contribution in [0.3, 0.4) is 0 Å². The van der Waals surface area contributed by atoms with Crippen molar-refractivity contribution in [2.24, 2.45) is 5.73 Å². The van der Waals surface area contributed by atoms with E-state index in [-0.39, 0.29) is 5.54 Å². The normalized spacial score (nSPS) is 10.2. The first-order chi connectivity index (χ1) is 8.47. The molecular formula is C14H30BBrN2. The molecule has 0 aliphatic carbocycles. The summed E-state index contributed by atoms with van der Waals surface area (Å²) in [5, 5.41) is 7.58. The van der Waals surface area contributed by atoms with Gasteiger partial charge in [-0.15, -0.1) is 15.8 Å². The fourth-order valence-electron chi connectivity index (χ4n) is 1.71. The molecule has 0 aromatic heterocycles. The van der Waals surface area contributed by atoms with Crippen molar-refractivity contribution in [3.05, 3.63) is 0 Å². The molecule has 18 heavy (non-hydrogen) atoms. The number of nitrogens with two attached hydrogens (primary N) is 1. The van der Waals surface area contributed by atoms with Crippen molar-refractivity contribution < 1.29 is 0 Å². The van der Waals surface area contributed by atoms with Gasteiger partial charge < -0.3 is 5.73 Å². The van der Waals surface area contributed by atoms with Crippen molar-refractivity contribution in [1.82, 2.24) is 0 Å². The Bertz CT molecular complexity index is 197. The summed E-state index contributed by atoms with van der Waals surface area (Å²) in [7, 11) is 0. The topological polar surface area (TPSA) is 49.8 Å². The molecule has 4 heteroatoms. The molecule has 0 unspecified atom stereocenters. The highest BCUT2D eigenvalue weighted by Gasteiger charge is 2.08. The lowest BCUT2D eigenvalue weighted by atomic mass is 9.97. The van der Waals surface area contributed by atoms with E-state index in [9.17, 15) is 0 Å². The third-order valence-corrected chi connectivity index (χ3v) is 2.99. The third kappa shape index (κ3) is 25.0. The number of rotatable bonds is 9. The highest BCUT2D eigenvalue weighted by Crippen LogP contribution is 2.13. The van der Waals surface area contributed by atoms with E-state index in [0.717, 1.165) is 0 Å². The summed E-state index contributed by atoms with van der Waals surface area (Å²) >= 11 is 2.89. The first-order valence-electron chi connectivity index (χ1n) is 7.19. The van der Waals surface area contributed by atoms with Gasteiger partial charge in [0.2, 0.25) is 0 Å². The zero-order valence-corrected chi connectivity index (χ0v) is 14.1. The van der Waals surface area contributed by atoms with Crippen LogP contribution in [0.25, 0.3) is 0 Å². The lowest BCUT2D eigenvalue weighted by Crippen LogP contribution is -2.31. The van der Waals surface area contributed by atoms with Crippen LogP contribution in [0.15, 0.2) is 0 Å². The van der Waals surface area contributed by atoms with Crippen LogP contribution < -0.4 is 5.73 Å². The summed E-state index contributed by atoms with van der Waals surface area (Å²) in [6.07, 6.45) is 12.7. The number of halogens is 1. The molecule has 0 rings (SSSR count). The van der Waals surface area contributed by atoms with Gasteiger partial charge in [-0.2, -0.15) is 0 Å². The van der Waals surface area contributed by atoms with Gasteiger partial charge in [-0.3, -0.25) is 0 Å². The van der Waals surface area contributed by atoms with E-state index in [1.165, 1.54) is 57.8 Å². The molecule has 0 amide bonds. The summed E-state index contributed by atoms with van der Waals surface area (Å²) in [6.45, 7) is 6.51. The molecule has 0 saturated carbocycles. The highest BCUT2D eigenvalue weighted by atomic mass is 79.9. The highest BCUT2D eigenvalue weighted by molar-refractivity contribution is 9.23. The summed E-state index contributed by atoms with van der Waals surface area (Å²) in [5.41, 5.74) is 5.96. The average Bonchev–Trinajstić information content (AvgIpc) is 2.31. The molecule has 0 radical (unpaired) electrons. The van der Waals surface area contributed by atoms with Crippen molar-refractivity contribution in [2.75, 3.05) is 0 Å². The van der Waals surface area contributed by atoms with E-state index in [1.54, 1.807) is 0 Å². The van der Waals surface area contributed by atoms with E-state index in [2.05, 4.69) is 36.5 Å². The molecular weight excluding hydrogens is 287 g/mol. The van der Waals surface area contributed by atoms with Gasteiger partial charge in [0.1, 0.15) is 0 Å². The Hall–Kier alpha value is -0.00506. The van der Waals surface area contributed by atoms with E-state index in [4.69, 9.17) is 11.0 Å². The molecule has 0 aliphatic rings. The first-order valence-corrected chi connectivity index (χ1v) is 8.32. The Morgan fingerprint density at radius 3 is 1.78 bits per heavy atom. The van der Waals surface area contributed by atoms with Gasteiger partial charge in [0.25, 0.3) is 0 Å². The molecule has 0 fully saturated rings. The van der Waals surface area contributed by atoms with Crippen LogP contribution in [0, 0.1) is 11.2 Å². The number of nitrogens with zero attached hydrogens (tertiary/aromatic N) is 1. The fraction of sp³-hybridized carbons (Fsp3) is 0.929. The minimum Gasteiger partial charge on any atom is -0.326 e. The van der Waals surface area contributed by atoms with Crippen LogP contribution in [0.4, 0.5) is 0 Å². The van der Waals surface area contributed by atoms with Crippen LogP contribution in [0.5, 0.6) is 0 Å². The van der Waals surface area contributed by atoms with Gasteiger partial charge in [0, 0.05) is 11.5 Å². The molecule has 106 valence electrons. The molecule has 0 bridgehead atoms. The molecule has 0 aliphatic heterocycles. The number of unbranched alkanes of at least 4 members (excludes halogenated alkanes) is 7. The van der Waals surface area contributed by atoms with Crippen LogP contribution >= 0.6 is 15.8 Å². The standard InChI is InChI=1S/C13H29N.CHBBrN/c1-4-5-6-7-8-9-10-11-12-13(2,3)14;3-2-1-4/h4-12,14H2,1-3H3;2H. The molecule has 0 aromatic carbocycles. The molecule has 0 aromatic rings. The Balaban J connectivity index is 0. The third-order valence-electron chi connectivity index (χ3n) is 2.73. The van der Waals surface area contributed by atoms with Crippen molar-refractivity contribution in [3.8, 4) is 5.97 Å². The van der Waals surface area contributed by atoms with E-state index >= 15 is 0 Å². The maximum atomic E-state index is 7.58. The molecule has 2 N–H and O–H groups in total. The van der Waals surface area contributed by atoms with E-state index in [0.29, 0.717) is 6.10 Å². The molecule has 0 spiro atoms. The Labute approximate surface area is 123 Å². The predicted octanol–water partition coefficient (Wildman–Crippen LogP) is 4.47. The van der Waals surface area contributed by atoms with E-state index < -0.39 is 0 Å². The minimum absolute atomic E-state index is 0.0439. The second-order valence-electron chi connectivity index (χ2n) is 5.51. The largest absolute Gasteiger partial charge is 0.326 e. The second kappa shape index (κ2) is 15.1. The van der Waals surface area contributed by atoms with Gasteiger partial charge in [0.15, 0.2) is 0 Å². The number of nitriles is 1. The number of hydrogen-bond donors (Lipinski definition) is 1. The average molecular weight is 317 g/mol. The van der Waals surface area contributed by atoms with Crippen molar-refractivity contribution >= 4 is 21.9 Å².